The normalized spacial score (nSPS) is 12.5. The van der Waals surface area contributed by atoms with Crippen LogP contribution in [0.1, 0.15) is 25.7 Å². The van der Waals surface area contributed by atoms with Gasteiger partial charge in [0, 0.05) is 6.42 Å². The molecule has 64 valence electrons. The van der Waals surface area contributed by atoms with Gasteiger partial charge in [0.1, 0.15) is 12.4 Å². The van der Waals surface area contributed by atoms with Gasteiger partial charge in [-0.05, 0) is 19.3 Å². The second kappa shape index (κ2) is 5.85. The molecule has 0 spiro atoms. The number of unbranched alkanes of at least 4 members (excludes halogenated alkanes) is 2. The Labute approximate surface area is 65.4 Å². The molecule has 0 heterocycles. The summed E-state index contributed by atoms with van der Waals surface area (Å²) in [5.41, 5.74) is 4.79. The lowest BCUT2D eigenvalue weighted by molar-refractivity contribution is -0.126. The largest absolute Gasteiger partial charge is 0.383 e. The molecule has 0 saturated heterocycles. The third kappa shape index (κ3) is 5.54. The molecule has 0 radical (unpaired) electrons. The fraction of sp³-hybridized carbons (Fsp3) is 0.714. The van der Waals surface area contributed by atoms with Gasteiger partial charge in [-0.25, -0.2) is 0 Å². The standard InChI is InChI=1S/C7H13NO3/c8-7(11)6(10)4-2-1-3-5-9/h5-6,10H,1-4H2,(H2,8,11). The minimum Gasteiger partial charge on any atom is -0.383 e. The van der Waals surface area contributed by atoms with Gasteiger partial charge >= 0.3 is 0 Å². The van der Waals surface area contributed by atoms with Gasteiger partial charge in [-0.15, -0.1) is 0 Å². The number of aliphatic hydroxyl groups is 1. The van der Waals surface area contributed by atoms with Crippen molar-refractivity contribution in [1.29, 1.82) is 0 Å². The first-order valence-electron chi connectivity index (χ1n) is 3.59. The van der Waals surface area contributed by atoms with Crippen LogP contribution in [0.25, 0.3) is 0 Å². The number of hydrogen-bond donors (Lipinski definition) is 2. The summed E-state index contributed by atoms with van der Waals surface area (Å²) in [6.07, 6.45) is 1.95. The Morgan fingerprint density at radius 2 is 2.18 bits per heavy atom. The number of amides is 1. The zero-order chi connectivity index (χ0) is 8.69. The maximum Gasteiger partial charge on any atom is 0.246 e. The van der Waals surface area contributed by atoms with Crippen molar-refractivity contribution in [1.82, 2.24) is 0 Å². The van der Waals surface area contributed by atoms with E-state index < -0.39 is 12.0 Å². The van der Waals surface area contributed by atoms with Crippen LogP contribution in [-0.4, -0.2) is 23.4 Å². The van der Waals surface area contributed by atoms with E-state index in [1.54, 1.807) is 0 Å². The molecule has 1 atom stereocenters. The van der Waals surface area contributed by atoms with Crippen molar-refractivity contribution in [2.45, 2.75) is 31.8 Å². The summed E-state index contributed by atoms with van der Waals surface area (Å²) < 4.78 is 0. The average molecular weight is 159 g/mol. The summed E-state index contributed by atoms with van der Waals surface area (Å²) in [6.45, 7) is 0. The molecule has 0 aromatic rings. The number of primary amides is 1. The molecule has 0 aliphatic heterocycles. The van der Waals surface area contributed by atoms with Crippen LogP contribution < -0.4 is 5.73 Å². The number of nitrogens with two attached hydrogens (primary N) is 1. The monoisotopic (exact) mass is 159 g/mol. The summed E-state index contributed by atoms with van der Waals surface area (Å²) in [6, 6.07) is 0. The van der Waals surface area contributed by atoms with Crippen molar-refractivity contribution >= 4 is 12.2 Å². The van der Waals surface area contributed by atoms with E-state index in [1.807, 2.05) is 0 Å². The first kappa shape index (κ1) is 10.1. The van der Waals surface area contributed by atoms with Crippen LogP contribution >= 0.6 is 0 Å². The molecule has 3 N–H and O–H groups in total. The van der Waals surface area contributed by atoms with Crippen molar-refractivity contribution in [3.05, 3.63) is 0 Å². The highest BCUT2D eigenvalue weighted by Crippen LogP contribution is 2.01. The Morgan fingerprint density at radius 1 is 1.55 bits per heavy atom. The highest BCUT2D eigenvalue weighted by molar-refractivity contribution is 5.78. The third-order valence-corrected chi connectivity index (χ3v) is 1.38. The van der Waals surface area contributed by atoms with Gasteiger partial charge in [0.25, 0.3) is 0 Å². The zero-order valence-electron chi connectivity index (χ0n) is 6.32. The molecular formula is C7H13NO3. The lowest BCUT2D eigenvalue weighted by Crippen LogP contribution is -2.27. The topological polar surface area (TPSA) is 80.4 Å². The number of carbonyl (C=O) groups is 2. The van der Waals surface area contributed by atoms with E-state index in [0.29, 0.717) is 25.7 Å². The highest BCUT2D eigenvalue weighted by Gasteiger charge is 2.08. The summed E-state index contributed by atoms with van der Waals surface area (Å²) in [5.74, 6) is -0.698. The molecule has 4 heteroatoms. The highest BCUT2D eigenvalue weighted by atomic mass is 16.3. The fourth-order valence-electron chi connectivity index (χ4n) is 0.708. The summed E-state index contributed by atoms with van der Waals surface area (Å²) in [4.78, 5) is 20.1. The molecule has 0 bridgehead atoms. The lowest BCUT2D eigenvalue weighted by atomic mass is 10.1. The summed E-state index contributed by atoms with van der Waals surface area (Å²) >= 11 is 0. The van der Waals surface area contributed by atoms with Gasteiger partial charge in [-0.3, -0.25) is 4.79 Å². The molecule has 0 aromatic carbocycles. The molecule has 0 aromatic heterocycles. The van der Waals surface area contributed by atoms with Crippen LogP contribution in [0.15, 0.2) is 0 Å². The summed E-state index contributed by atoms with van der Waals surface area (Å²) in [5, 5.41) is 8.86. The Bertz CT molecular complexity index is 136. The number of aliphatic hydroxyl groups excluding tert-OH is 1. The van der Waals surface area contributed by atoms with Gasteiger partial charge in [-0.2, -0.15) is 0 Å². The molecule has 0 aliphatic carbocycles. The van der Waals surface area contributed by atoms with Crippen LogP contribution in [0, 0.1) is 0 Å². The maximum atomic E-state index is 10.3. The predicted octanol–water partition coefficient (Wildman–Crippen LogP) is -0.408. The van der Waals surface area contributed by atoms with Crippen LogP contribution in [0.4, 0.5) is 0 Å². The van der Waals surface area contributed by atoms with E-state index in [1.165, 1.54) is 0 Å². The fourth-order valence-corrected chi connectivity index (χ4v) is 0.708. The average Bonchev–Trinajstić information content (AvgIpc) is 1.97. The van der Waals surface area contributed by atoms with E-state index in [9.17, 15) is 9.59 Å². The van der Waals surface area contributed by atoms with Gasteiger partial charge in [0.15, 0.2) is 0 Å². The van der Waals surface area contributed by atoms with Crippen LogP contribution in [0.5, 0.6) is 0 Å². The Balaban J connectivity index is 3.24. The van der Waals surface area contributed by atoms with Crippen LogP contribution in [0.3, 0.4) is 0 Å². The minimum absolute atomic E-state index is 0.350. The number of carbonyl (C=O) groups excluding carboxylic acids is 2. The van der Waals surface area contributed by atoms with Crippen molar-refractivity contribution in [2.24, 2.45) is 5.73 Å². The van der Waals surface area contributed by atoms with E-state index in [0.717, 1.165) is 6.29 Å². The number of aldehydes is 1. The SMILES string of the molecule is NC(=O)C(O)CCCCC=O. The Kier molecular flexibility index (Phi) is 5.37. The van der Waals surface area contributed by atoms with Gasteiger partial charge < -0.3 is 15.6 Å². The smallest absolute Gasteiger partial charge is 0.246 e. The summed E-state index contributed by atoms with van der Waals surface area (Å²) in [7, 11) is 0. The second-order valence-corrected chi connectivity index (χ2v) is 2.37. The quantitative estimate of drug-likeness (QED) is 0.408. The number of hydrogen-bond acceptors (Lipinski definition) is 3. The maximum absolute atomic E-state index is 10.3. The first-order chi connectivity index (χ1) is 5.18. The molecule has 1 amide bonds. The zero-order valence-corrected chi connectivity index (χ0v) is 6.32. The molecule has 0 fully saturated rings. The molecule has 0 rings (SSSR count). The van der Waals surface area contributed by atoms with Crippen LogP contribution in [-0.2, 0) is 9.59 Å². The number of rotatable bonds is 6. The molecular weight excluding hydrogens is 146 g/mol. The second-order valence-electron chi connectivity index (χ2n) is 2.37. The lowest BCUT2D eigenvalue weighted by Gasteiger charge is -2.03. The van der Waals surface area contributed by atoms with E-state index in [4.69, 9.17) is 10.8 Å². The molecule has 0 aliphatic rings. The van der Waals surface area contributed by atoms with Crippen molar-refractivity contribution < 1.29 is 14.7 Å². The van der Waals surface area contributed by atoms with E-state index >= 15 is 0 Å². The molecule has 11 heavy (non-hydrogen) atoms. The molecule has 4 nitrogen and oxygen atoms in total. The van der Waals surface area contributed by atoms with Crippen molar-refractivity contribution in [3.8, 4) is 0 Å². The van der Waals surface area contributed by atoms with E-state index in [2.05, 4.69) is 0 Å². The third-order valence-electron chi connectivity index (χ3n) is 1.38. The van der Waals surface area contributed by atoms with Crippen LogP contribution in [0.2, 0.25) is 0 Å². The Morgan fingerprint density at radius 3 is 2.64 bits per heavy atom. The van der Waals surface area contributed by atoms with Crippen molar-refractivity contribution in [2.75, 3.05) is 0 Å². The van der Waals surface area contributed by atoms with Crippen molar-refractivity contribution in [3.63, 3.8) is 0 Å². The van der Waals surface area contributed by atoms with Gasteiger partial charge in [0.05, 0.1) is 0 Å². The van der Waals surface area contributed by atoms with Gasteiger partial charge in [-0.1, -0.05) is 0 Å². The van der Waals surface area contributed by atoms with Gasteiger partial charge in [0.2, 0.25) is 5.91 Å². The Hall–Kier alpha value is -0.900. The molecule has 1 unspecified atom stereocenters. The predicted molar refractivity (Wildman–Crippen MR) is 39.7 cm³/mol. The molecule has 0 saturated carbocycles. The minimum atomic E-state index is -1.05. The first-order valence-corrected chi connectivity index (χ1v) is 3.59. The van der Waals surface area contributed by atoms with E-state index in [-0.39, 0.29) is 0 Å².